The molecule has 0 spiro atoms. The van der Waals surface area contributed by atoms with Crippen molar-refractivity contribution in [3.63, 3.8) is 0 Å². The Morgan fingerprint density at radius 3 is 1.55 bits per heavy atom. The molecule has 2 rings (SSSR count). The average Bonchev–Trinajstić information content (AvgIpc) is 2.92. The summed E-state index contributed by atoms with van der Waals surface area (Å²) < 4.78 is 0. The quantitative estimate of drug-likeness (QED) is 0.271. The van der Waals surface area contributed by atoms with Gasteiger partial charge in [-0.1, -0.05) is 70.2 Å². The number of nitrogens with zero attached hydrogens (tertiary/aromatic N) is 2. The van der Waals surface area contributed by atoms with Gasteiger partial charge in [-0.25, -0.2) is 0 Å². The molecule has 0 unspecified atom stereocenters. The minimum atomic E-state index is -0.864. The zero-order valence-electron chi connectivity index (χ0n) is 23.8. The minimum Gasteiger partial charge on any atom is -0.481 e. The van der Waals surface area contributed by atoms with Crippen LogP contribution in [0.4, 0.5) is 11.4 Å². The van der Waals surface area contributed by atoms with E-state index in [4.69, 9.17) is 0 Å². The van der Waals surface area contributed by atoms with Crippen molar-refractivity contribution >= 4 is 29.2 Å². The molecule has 0 aliphatic heterocycles. The van der Waals surface area contributed by atoms with Crippen molar-refractivity contribution in [2.24, 2.45) is 0 Å². The molecule has 0 saturated heterocycles. The van der Waals surface area contributed by atoms with Crippen molar-refractivity contribution < 1.29 is 19.5 Å². The third-order valence-electron chi connectivity index (χ3n) is 6.89. The number of rotatable bonds is 15. The number of allylic oxidation sites excluding steroid dienone is 1. The van der Waals surface area contributed by atoms with Gasteiger partial charge in [0.1, 0.15) is 0 Å². The molecular formula is C32H44N2O4. The number of amides is 2. The zero-order chi connectivity index (χ0) is 28.1. The van der Waals surface area contributed by atoms with Crippen LogP contribution in [0.3, 0.4) is 0 Å². The SMILES string of the molecule is C/C=C/C(=O)N(CCCC(=O)N(CCCC(=O)O)c1c(CC)cccc1CC)c1c(CC)cccc1CC. The monoisotopic (exact) mass is 520 g/mol. The lowest BCUT2D eigenvalue weighted by Crippen LogP contribution is -2.36. The Kier molecular flexibility index (Phi) is 12.8. The first-order chi connectivity index (χ1) is 18.3. The Morgan fingerprint density at radius 2 is 1.13 bits per heavy atom. The van der Waals surface area contributed by atoms with E-state index in [9.17, 15) is 19.5 Å². The zero-order valence-corrected chi connectivity index (χ0v) is 23.8. The maximum absolute atomic E-state index is 13.7. The Balaban J connectivity index is 2.34. The highest BCUT2D eigenvalue weighted by atomic mass is 16.4. The number of hydrogen-bond donors (Lipinski definition) is 1. The van der Waals surface area contributed by atoms with E-state index in [0.29, 0.717) is 25.9 Å². The highest BCUT2D eigenvalue weighted by molar-refractivity contribution is 6.02. The van der Waals surface area contributed by atoms with Crippen LogP contribution in [0.1, 0.15) is 82.6 Å². The molecule has 1 N–H and O–H groups in total. The highest BCUT2D eigenvalue weighted by Gasteiger charge is 2.23. The maximum Gasteiger partial charge on any atom is 0.303 e. The number of anilines is 2. The molecule has 38 heavy (non-hydrogen) atoms. The summed E-state index contributed by atoms with van der Waals surface area (Å²) in [7, 11) is 0. The van der Waals surface area contributed by atoms with Gasteiger partial charge in [-0.05, 0) is 73.8 Å². The molecule has 2 aromatic carbocycles. The molecule has 0 bridgehead atoms. The number of aliphatic carboxylic acids is 1. The van der Waals surface area contributed by atoms with E-state index in [2.05, 4.69) is 39.8 Å². The van der Waals surface area contributed by atoms with Crippen molar-refractivity contribution in [1.82, 2.24) is 0 Å². The van der Waals surface area contributed by atoms with Gasteiger partial charge in [-0.15, -0.1) is 0 Å². The normalized spacial score (nSPS) is 11.1. The molecule has 0 fully saturated rings. The Bertz CT molecular complexity index is 1080. The maximum atomic E-state index is 13.7. The fraction of sp³-hybridized carbons (Fsp3) is 0.469. The van der Waals surface area contributed by atoms with Crippen molar-refractivity contribution in [1.29, 1.82) is 0 Å². The van der Waals surface area contributed by atoms with Crippen LogP contribution < -0.4 is 9.80 Å². The highest BCUT2D eigenvalue weighted by Crippen LogP contribution is 2.30. The van der Waals surface area contributed by atoms with E-state index < -0.39 is 5.97 Å². The number of carbonyl (C=O) groups excluding carboxylic acids is 2. The third kappa shape index (κ3) is 8.04. The summed E-state index contributed by atoms with van der Waals surface area (Å²) in [5.41, 5.74) is 6.28. The fourth-order valence-corrected chi connectivity index (χ4v) is 4.96. The number of aryl methyl sites for hydroxylation is 4. The van der Waals surface area contributed by atoms with Gasteiger partial charge in [0.25, 0.3) is 5.91 Å². The van der Waals surface area contributed by atoms with Gasteiger partial charge in [-0.2, -0.15) is 0 Å². The van der Waals surface area contributed by atoms with E-state index in [0.717, 1.165) is 59.3 Å². The van der Waals surface area contributed by atoms with Crippen molar-refractivity contribution in [3.8, 4) is 0 Å². The van der Waals surface area contributed by atoms with Gasteiger partial charge in [0.2, 0.25) is 5.91 Å². The minimum absolute atomic E-state index is 0.0127. The topological polar surface area (TPSA) is 77.9 Å². The summed E-state index contributed by atoms with van der Waals surface area (Å²) in [5.74, 6) is -0.987. The third-order valence-corrected chi connectivity index (χ3v) is 6.89. The van der Waals surface area contributed by atoms with Crippen LogP contribution >= 0.6 is 0 Å². The molecule has 206 valence electrons. The Hall–Kier alpha value is -3.41. The number of carboxylic acids is 1. The second-order valence-corrected chi connectivity index (χ2v) is 9.40. The predicted molar refractivity (Wildman–Crippen MR) is 156 cm³/mol. The number of benzene rings is 2. The molecule has 0 aliphatic carbocycles. The average molecular weight is 521 g/mol. The van der Waals surface area contributed by atoms with Crippen LogP contribution in [-0.4, -0.2) is 36.0 Å². The summed E-state index contributed by atoms with van der Waals surface area (Å²) in [6.07, 6.45) is 7.69. The Labute approximate surface area is 228 Å². The summed E-state index contributed by atoms with van der Waals surface area (Å²) in [4.78, 5) is 41.6. The number of carboxylic acid groups (broad SMARTS) is 1. The van der Waals surface area contributed by atoms with Gasteiger partial charge in [0, 0.05) is 31.6 Å². The lowest BCUT2D eigenvalue weighted by Gasteiger charge is -2.29. The van der Waals surface area contributed by atoms with Crippen LogP contribution in [0.2, 0.25) is 0 Å². The molecule has 0 heterocycles. The van der Waals surface area contributed by atoms with Gasteiger partial charge in [0.05, 0.1) is 5.69 Å². The van der Waals surface area contributed by atoms with Gasteiger partial charge < -0.3 is 14.9 Å². The van der Waals surface area contributed by atoms with E-state index in [1.165, 1.54) is 0 Å². The van der Waals surface area contributed by atoms with Gasteiger partial charge in [0.15, 0.2) is 0 Å². The number of carbonyl (C=O) groups is 3. The van der Waals surface area contributed by atoms with Crippen LogP contribution in [0.5, 0.6) is 0 Å². The van der Waals surface area contributed by atoms with Crippen molar-refractivity contribution in [3.05, 3.63) is 70.8 Å². The summed E-state index contributed by atoms with van der Waals surface area (Å²) in [6.45, 7) is 10.9. The van der Waals surface area contributed by atoms with Crippen LogP contribution in [-0.2, 0) is 40.1 Å². The summed E-state index contributed by atoms with van der Waals surface area (Å²) in [5, 5.41) is 9.18. The van der Waals surface area contributed by atoms with Crippen LogP contribution in [0.15, 0.2) is 48.6 Å². The van der Waals surface area contributed by atoms with E-state index in [-0.39, 0.29) is 24.7 Å². The first kappa shape index (κ1) is 30.8. The molecule has 6 heteroatoms. The van der Waals surface area contributed by atoms with Gasteiger partial charge in [-0.3, -0.25) is 14.4 Å². The molecule has 2 aromatic rings. The van der Waals surface area contributed by atoms with E-state index in [1.54, 1.807) is 17.1 Å². The van der Waals surface area contributed by atoms with E-state index >= 15 is 0 Å². The standard InChI is InChI=1S/C32H44N2O4/c1-6-15-28(35)33(31-24(7-2)16-11-17-25(31)8-3)22-13-20-29(36)34(23-14-21-30(37)38)32-26(9-4)18-12-19-27(32)10-5/h6,11-12,15-19H,7-10,13-14,20-23H2,1-5H3,(H,37,38)/b15-6+. The lowest BCUT2D eigenvalue weighted by molar-refractivity contribution is -0.137. The molecule has 0 radical (unpaired) electrons. The fourth-order valence-electron chi connectivity index (χ4n) is 4.96. The summed E-state index contributed by atoms with van der Waals surface area (Å²) in [6, 6.07) is 12.3. The molecular weight excluding hydrogens is 476 g/mol. The van der Waals surface area contributed by atoms with Crippen molar-refractivity contribution in [2.75, 3.05) is 22.9 Å². The molecule has 2 amide bonds. The van der Waals surface area contributed by atoms with E-state index in [1.807, 2.05) is 36.1 Å². The first-order valence-electron chi connectivity index (χ1n) is 14.0. The molecule has 0 aromatic heterocycles. The second kappa shape index (κ2) is 15.8. The molecule has 6 nitrogen and oxygen atoms in total. The first-order valence-corrected chi connectivity index (χ1v) is 14.0. The van der Waals surface area contributed by atoms with Crippen molar-refractivity contribution in [2.45, 2.75) is 86.0 Å². The molecule has 0 atom stereocenters. The number of hydrogen-bond acceptors (Lipinski definition) is 3. The van der Waals surface area contributed by atoms with Gasteiger partial charge >= 0.3 is 5.97 Å². The predicted octanol–water partition coefficient (Wildman–Crippen LogP) is 6.52. The lowest BCUT2D eigenvalue weighted by atomic mass is 10.0. The number of para-hydroxylation sites is 2. The van der Waals surface area contributed by atoms with Crippen LogP contribution in [0.25, 0.3) is 0 Å². The largest absolute Gasteiger partial charge is 0.481 e. The van der Waals surface area contributed by atoms with Crippen LogP contribution in [0, 0.1) is 0 Å². The smallest absolute Gasteiger partial charge is 0.303 e. The Morgan fingerprint density at radius 1 is 0.711 bits per heavy atom. The second-order valence-electron chi connectivity index (χ2n) is 9.40. The summed E-state index contributed by atoms with van der Waals surface area (Å²) >= 11 is 0. The molecule has 0 saturated carbocycles. The molecule has 0 aliphatic rings.